The summed E-state index contributed by atoms with van der Waals surface area (Å²) in [4.78, 5) is 4.43. The van der Waals surface area contributed by atoms with Crippen LogP contribution in [-0.2, 0) is 10.0 Å². The molecule has 1 heterocycles. The van der Waals surface area contributed by atoms with Crippen molar-refractivity contribution in [2.75, 3.05) is 12.4 Å². The first-order valence-corrected chi connectivity index (χ1v) is 9.60. The molecule has 0 aliphatic rings. The highest BCUT2D eigenvalue weighted by atomic mass is 32.2. The van der Waals surface area contributed by atoms with Gasteiger partial charge < -0.3 is 10.1 Å². The number of hydrogen-bond donors (Lipinski definition) is 1. The zero-order valence-corrected chi connectivity index (χ0v) is 16.0. The van der Waals surface area contributed by atoms with Gasteiger partial charge >= 0.3 is 0 Å². The molecule has 1 aromatic carbocycles. The van der Waals surface area contributed by atoms with Gasteiger partial charge in [-0.15, -0.1) is 0 Å². The molecule has 25 heavy (non-hydrogen) atoms. The van der Waals surface area contributed by atoms with E-state index in [-0.39, 0.29) is 17.0 Å². The van der Waals surface area contributed by atoms with Crippen LogP contribution in [0.2, 0.25) is 0 Å². The smallest absolute Gasteiger partial charge is 0.245 e. The van der Waals surface area contributed by atoms with E-state index in [2.05, 4.69) is 10.3 Å². The summed E-state index contributed by atoms with van der Waals surface area (Å²) in [6, 6.07) is 10.4. The largest absolute Gasteiger partial charge is 0.497 e. The van der Waals surface area contributed by atoms with Crippen molar-refractivity contribution in [3.63, 3.8) is 0 Å². The molecule has 1 N–H and O–H groups in total. The predicted molar refractivity (Wildman–Crippen MR) is 99.8 cm³/mol. The van der Waals surface area contributed by atoms with Gasteiger partial charge in [0.2, 0.25) is 10.0 Å². The van der Waals surface area contributed by atoms with Gasteiger partial charge in [-0.05, 0) is 52.0 Å². The van der Waals surface area contributed by atoms with Crippen molar-refractivity contribution < 1.29 is 13.2 Å². The van der Waals surface area contributed by atoms with Gasteiger partial charge in [0, 0.05) is 30.0 Å². The molecule has 0 amide bonds. The summed E-state index contributed by atoms with van der Waals surface area (Å²) in [5.74, 6) is 1.29. The zero-order chi connectivity index (χ0) is 18.6. The lowest BCUT2D eigenvalue weighted by molar-refractivity contribution is 0.302. The summed E-state index contributed by atoms with van der Waals surface area (Å²) >= 11 is 0. The van der Waals surface area contributed by atoms with Crippen LogP contribution in [0.1, 0.15) is 27.7 Å². The average molecular weight is 363 g/mol. The summed E-state index contributed by atoms with van der Waals surface area (Å²) in [5, 5.41) is 3.13. The molecule has 0 saturated heterocycles. The van der Waals surface area contributed by atoms with E-state index in [0.717, 1.165) is 11.4 Å². The number of sulfonamides is 1. The van der Waals surface area contributed by atoms with Crippen molar-refractivity contribution in [3.05, 3.63) is 42.6 Å². The van der Waals surface area contributed by atoms with E-state index in [0.29, 0.717) is 5.82 Å². The Hall–Kier alpha value is -2.12. The number of methoxy groups -OCH3 is 1. The fourth-order valence-corrected chi connectivity index (χ4v) is 4.51. The molecule has 0 aliphatic carbocycles. The van der Waals surface area contributed by atoms with E-state index in [4.69, 9.17) is 4.74 Å². The SMILES string of the molecule is COc1cccc(Nc2ccc(S(=O)(=O)N(C(C)C)C(C)C)cn2)c1. The Morgan fingerprint density at radius 1 is 1.08 bits per heavy atom. The maximum Gasteiger partial charge on any atom is 0.245 e. The van der Waals surface area contributed by atoms with E-state index in [1.807, 2.05) is 52.0 Å². The third-order valence-corrected chi connectivity index (χ3v) is 5.91. The molecule has 0 bridgehead atoms. The van der Waals surface area contributed by atoms with Crippen LogP contribution in [-0.4, -0.2) is 36.9 Å². The van der Waals surface area contributed by atoms with Gasteiger partial charge in [-0.2, -0.15) is 4.31 Å². The van der Waals surface area contributed by atoms with Crippen LogP contribution in [0.3, 0.4) is 0 Å². The van der Waals surface area contributed by atoms with Gasteiger partial charge in [0.05, 0.1) is 7.11 Å². The first-order valence-electron chi connectivity index (χ1n) is 8.16. The lowest BCUT2D eigenvalue weighted by Gasteiger charge is -2.29. The minimum Gasteiger partial charge on any atom is -0.497 e. The standard InChI is InChI=1S/C18H25N3O3S/c1-13(2)21(14(3)4)25(22,23)17-9-10-18(19-12-17)20-15-7-6-8-16(11-15)24-5/h6-14H,1-5H3,(H,19,20). The van der Waals surface area contributed by atoms with E-state index in [1.54, 1.807) is 19.2 Å². The average Bonchev–Trinajstić information content (AvgIpc) is 2.54. The number of ether oxygens (including phenoxy) is 1. The molecular formula is C18H25N3O3S. The molecule has 6 nitrogen and oxygen atoms in total. The minimum atomic E-state index is -3.58. The summed E-state index contributed by atoms with van der Waals surface area (Å²) in [6.07, 6.45) is 1.38. The Morgan fingerprint density at radius 2 is 1.76 bits per heavy atom. The lowest BCUT2D eigenvalue weighted by Crippen LogP contribution is -2.41. The van der Waals surface area contributed by atoms with Crippen LogP contribution in [0.25, 0.3) is 0 Å². The number of pyridine rings is 1. The third kappa shape index (κ3) is 4.49. The molecule has 0 aliphatic heterocycles. The molecule has 0 spiro atoms. The normalized spacial score (nSPS) is 12.0. The number of rotatable bonds is 7. The number of nitrogens with one attached hydrogen (secondary N) is 1. The molecule has 0 radical (unpaired) electrons. The van der Waals surface area contributed by atoms with Crippen LogP contribution in [0.4, 0.5) is 11.5 Å². The van der Waals surface area contributed by atoms with Crippen LogP contribution >= 0.6 is 0 Å². The van der Waals surface area contributed by atoms with Crippen molar-refractivity contribution in [1.29, 1.82) is 0 Å². The topological polar surface area (TPSA) is 71.5 Å². The van der Waals surface area contributed by atoms with E-state index < -0.39 is 10.0 Å². The predicted octanol–water partition coefficient (Wildman–Crippen LogP) is 3.64. The molecule has 1 aromatic heterocycles. The number of aromatic nitrogens is 1. The number of hydrogen-bond acceptors (Lipinski definition) is 5. The Morgan fingerprint density at radius 3 is 2.28 bits per heavy atom. The zero-order valence-electron chi connectivity index (χ0n) is 15.2. The number of benzene rings is 1. The second-order valence-electron chi connectivity index (χ2n) is 6.26. The van der Waals surface area contributed by atoms with Crippen molar-refractivity contribution in [1.82, 2.24) is 9.29 Å². The molecule has 2 aromatic rings. The van der Waals surface area contributed by atoms with Gasteiger partial charge in [-0.25, -0.2) is 13.4 Å². The maximum atomic E-state index is 12.8. The molecular weight excluding hydrogens is 338 g/mol. The summed E-state index contributed by atoms with van der Waals surface area (Å²) in [6.45, 7) is 7.46. The first-order chi connectivity index (χ1) is 11.8. The summed E-state index contributed by atoms with van der Waals surface area (Å²) in [7, 11) is -1.97. The van der Waals surface area contributed by atoms with Crippen LogP contribution < -0.4 is 10.1 Å². The second-order valence-corrected chi connectivity index (χ2v) is 8.10. The molecule has 0 fully saturated rings. The molecule has 0 saturated carbocycles. The highest BCUT2D eigenvalue weighted by Gasteiger charge is 2.29. The second kappa shape index (κ2) is 7.84. The first kappa shape index (κ1) is 19.2. The molecule has 7 heteroatoms. The Bertz CT molecular complexity index is 795. The lowest BCUT2D eigenvalue weighted by atomic mass is 10.3. The van der Waals surface area contributed by atoms with E-state index >= 15 is 0 Å². The molecule has 0 atom stereocenters. The van der Waals surface area contributed by atoms with Gasteiger partial charge in [0.1, 0.15) is 16.5 Å². The van der Waals surface area contributed by atoms with E-state index in [1.165, 1.54) is 10.5 Å². The van der Waals surface area contributed by atoms with Crippen LogP contribution in [0, 0.1) is 0 Å². The number of anilines is 2. The fourth-order valence-electron chi connectivity index (χ4n) is 2.73. The highest BCUT2D eigenvalue weighted by Crippen LogP contribution is 2.23. The van der Waals surface area contributed by atoms with E-state index in [9.17, 15) is 8.42 Å². The van der Waals surface area contributed by atoms with Gasteiger partial charge in [-0.1, -0.05) is 6.07 Å². The van der Waals surface area contributed by atoms with Gasteiger partial charge in [0.25, 0.3) is 0 Å². The van der Waals surface area contributed by atoms with Crippen LogP contribution in [0.15, 0.2) is 47.5 Å². The fraction of sp³-hybridized carbons (Fsp3) is 0.389. The highest BCUT2D eigenvalue weighted by molar-refractivity contribution is 7.89. The minimum absolute atomic E-state index is 0.125. The molecule has 136 valence electrons. The van der Waals surface area contributed by atoms with Crippen LogP contribution in [0.5, 0.6) is 5.75 Å². The maximum absolute atomic E-state index is 12.8. The Balaban J connectivity index is 2.24. The van der Waals surface area contributed by atoms with Crippen molar-refractivity contribution in [2.24, 2.45) is 0 Å². The number of nitrogens with zero attached hydrogens (tertiary/aromatic N) is 2. The molecule has 2 rings (SSSR count). The van der Waals surface area contributed by atoms with Crippen molar-refractivity contribution >= 4 is 21.5 Å². The third-order valence-electron chi connectivity index (χ3n) is 3.67. The quantitative estimate of drug-likeness (QED) is 0.813. The summed E-state index contributed by atoms with van der Waals surface area (Å²) < 4.78 is 32.3. The van der Waals surface area contributed by atoms with Crippen molar-refractivity contribution in [3.8, 4) is 5.75 Å². The molecule has 0 unspecified atom stereocenters. The van der Waals surface area contributed by atoms with Gasteiger partial charge in [-0.3, -0.25) is 0 Å². The van der Waals surface area contributed by atoms with Crippen molar-refractivity contribution in [2.45, 2.75) is 44.7 Å². The van der Waals surface area contributed by atoms with Gasteiger partial charge in [0.15, 0.2) is 0 Å². The Kier molecular flexibility index (Phi) is 6.02. The Labute approximate surface area is 149 Å². The summed E-state index contributed by atoms with van der Waals surface area (Å²) in [5.41, 5.74) is 0.813. The monoisotopic (exact) mass is 363 g/mol.